The lowest BCUT2D eigenvalue weighted by Crippen LogP contribution is -2.32. The number of nitrogens with one attached hydrogen (secondary N) is 2. The third-order valence-corrected chi connectivity index (χ3v) is 6.50. The Balaban J connectivity index is 1.52. The maximum absolute atomic E-state index is 13.0. The fourth-order valence-corrected chi connectivity index (χ4v) is 4.14. The average Bonchev–Trinajstić information content (AvgIpc) is 3.01. The summed E-state index contributed by atoms with van der Waals surface area (Å²) in [6.45, 7) is 0. The molecule has 0 spiro atoms. The number of benzene rings is 3. The number of halogens is 5. The Bertz CT molecular complexity index is 1370. The van der Waals surface area contributed by atoms with Gasteiger partial charge in [-0.2, -0.15) is 0 Å². The van der Waals surface area contributed by atoms with Crippen molar-refractivity contribution >= 4 is 92.8 Å². The van der Waals surface area contributed by atoms with Crippen molar-refractivity contribution in [2.24, 2.45) is 0 Å². The molecule has 6 nitrogen and oxygen atoms in total. The lowest BCUT2D eigenvalue weighted by Gasteiger charge is -2.17. The highest BCUT2D eigenvalue weighted by Gasteiger charge is 2.40. The average molecular weight is 556 g/mol. The molecule has 1 aliphatic rings. The predicted molar refractivity (Wildman–Crippen MR) is 136 cm³/mol. The van der Waals surface area contributed by atoms with E-state index in [1.807, 2.05) is 0 Å². The maximum atomic E-state index is 13.0. The lowest BCUT2D eigenvalue weighted by molar-refractivity contribution is -0.120. The Labute approximate surface area is 219 Å². The van der Waals surface area contributed by atoms with Crippen LogP contribution in [0.15, 0.2) is 71.4 Å². The number of hydrogen-bond donors (Lipinski definition) is 2. The highest BCUT2D eigenvalue weighted by Crippen LogP contribution is 2.38. The number of carbonyl (C=O) groups excluding carboxylic acids is 3. The largest absolute Gasteiger partial charge is 0.350 e. The first kappa shape index (κ1) is 24.4. The number of nitrogens with zero attached hydrogens (tertiary/aromatic N) is 1. The summed E-state index contributed by atoms with van der Waals surface area (Å²) in [6, 6.07) is 15.7. The molecule has 0 aliphatic carbocycles. The van der Waals surface area contributed by atoms with Crippen molar-refractivity contribution in [1.29, 1.82) is 0 Å². The van der Waals surface area contributed by atoms with Gasteiger partial charge in [-0.05, 0) is 48.5 Å². The van der Waals surface area contributed by atoms with Crippen molar-refractivity contribution < 1.29 is 14.4 Å². The highest BCUT2D eigenvalue weighted by molar-refractivity contribution is 6.54. The second-order valence-electron chi connectivity index (χ2n) is 6.99. The van der Waals surface area contributed by atoms with Crippen LogP contribution in [0.5, 0.6) is 0 Å². The number of imide groups is 1. The first-order chi connectivity index (χ1) is 16.2. The van der Waals surface area contributed by atoms with Gasteiger partial charge in [0.15, 0.2) is 0 Å². The van der Waals surface area contributed by atoms with E-state index in [1.165, 1.54) is 24.3 Å². The van der Waals surface area contributed by atoms with Gasteiger partial charge >= 0.3 is 0 Å². The van der Waals surface area contributed by atoms with Gasteiger partial charge in [-0.15, -0.1) is 0 Å². The molecule has 2 N–H and O–H groups in total. The summed E-state index contributed by atoms with van der Waals surface area (Å²) < 4.78 is 0. The summed E-state index contributed by atoms with van der Waals surface area (Å²) in [7, 11) is 0. The maximum Gasteiger partial charge on any atom is 0.283 e. The van der Waals surface area contributed by atoms with E-state index in [9.17, 15) is 14.4 Å². The van der Waals surface area contributed by atoms with Crippen LogP contribution in [0.4, 0.5) is 17.1 Å². The van der Waals surface area contributed by atoms with Gasteiger partial charge in [0, 0.05) is 11.3 Å². The van der Waals surface area contributed by atoms with E-state index in [2.05, 4.69) is 10.6 Å². The van der Waals surface area contributed by atoms with Crippen LogP contribution in [0.1, 0.15) is 10.4 Å². The second-order valence-corrected chi connectivity index (χ2v) is 9.00. The molecule has 0 aromatic heterocycles. The fraction of sp³-hybridized carbons (Fsp3) is 0. The quantitative estimate of drug-likeness (QED) is 0.263. The molecule has 0 fully saturated rings. The van der Waals surface area contributed by atoms with Crippen molar-refractivity contribution in [1.82, 2.24) is 0 Å². The van der Waals surface area contributed by atoms with Gasteiger partial charge in [-0.3, -0.25) is 14.4 Å². The Morgan fingerprint density at radius 1 is 0.735 bits per heavy atom. The number of anilines is 3. The van der Waals surface area contributed by atoms with Gasteiger partial charge in [-0.25, -0.2) is 4.90 Å². The van der Waals surface area contributed by atoms with E-state index in [4.69, 9.17) is 58.0 Å². The van der Waals surface area contributed by atoms with Crippen LogP contribution in [0.25, 0.3) is 0 Å². The number of rotatable bonds is 5. The smallest absolute Gasteiger partial charge is 0.283 e. The third kappa shape index (κ3) is 4.73. The van der Waals surface area contributed by atoms with E-state index in [-0.39, 0.29) is 37.4 Å². The Kier molecular flexibility index (Phi) is 7.07. The van der Waals surface area contributed by atoms with Gasteiger partial charge in [0.2, 0.25) is 0 Å². The molecule has 0 saturated heterocycles. The number of carbonyl (C=O) groups is 3. The monoisotopic (exact) mass is 553 g/mol. The highest BCUT2D eigenvalue weighted by atomic mass is 35.5. The minimum absolute atomic E-state index is 0.0487. The van der Waals surface area contributed by atoms with E-state index >= 15 is 0 Å². The molecule has 172 valence electrons. The number of para-hydroxylation sites is 1. The van der Waals surface area contributed by atoms with Crippen LogP contribution < -0.4 is 15.5 Å². The molecule has 3 amide bonds. The second kappa shape index (κ2) is 9.86. The van der Waals surface area contributed by atoms with Crippen molar-refractivity contribution in [3.63, 3.8) is 0 Å². The van der Waals surface area contributed by atoms with E-state index < -0.39 is 11.8 Å². The minimum atomic E-state index is -0.773. The lowest BCUT2D eigenvalue weighted by atomic mass is 10.2. The molecule has 3 aromatic rings. The molecule has 3 aromatic carbocycles. The molecule has 0 atom stereocenters. The zero-order chi connectivity index (χ0) is 24.6. The Morgan fingerprint density at radius 3 is 2.06 bits per heavy atom. The molecule has 34 heavy (non-hydrogen) atoms. The Morgan fingerprint density at radius 2 is 1.38 bits per heavy atom. The van der Waals surface area contributed by atoms with Gasteiger partial charge < -0.3 is 10.6 Å². The first-order valence-corrected chi connectivity index (χ1v) is 11.4. The number of amides is 3. The summed E-state index contributed by atoms with van der Waals surface area (Å²) >= 11 is 30.3. The van der Waals surface area contributed by atoms with Crippen LogP contribution in [0.3, 0.4) is 0 Å². The molecule has 0 saturated carbocycles. The van der Waals surface area contributed by atoms with E-state index in [0.29, 0.717) is 22.0 Å². The molecule has 0 radical (unpaired) electrons. The summed E-state index contributed by atoms with van der Waals surface area (Å²) in [5.74, 6) is -1.87. The first-order valence-electron chi connectivity index (χ1n) is 9.53. The molecule has 0 unspecified atom stereocenters. The molecule has 4 rings (SSSR count). The molecular formula is C23H12Cl5N3O3. The normalized spacial score (nSPS) is 13.5. The zero-order valence-electron chi connectivity index (χ0n) is 16.8. The molecule has 0 bridgehead atoms. The third-order valence-electron chi connectivity index (χ3n) is 4.80. The summed E-state index contributed by atoms with van der Waals surface area (Å²) in [4.78, 5) is 39.0. The van der Waals surface area contributed by atoms with Gasteiger partial charge in [0.25, 0.3) is 17.7 Å². The molecular weight excluding hydrogens is 544 g/mol. The standard InChI is InChI=1S/C23H12Cl5N3O3/c24-13-3-1-2-4-17(13)30-21(32)11-5-7-12(8-6-11)29-20-19(28)22(33)31(23(20)34)18-10-15(26)14(25)9-16(18)27/h1-10,29H,(H,30,32). The van der Waals surface area contributed by atoms with Gasteiger partial charge in [0.05, 0.1) is 31.5 Å². The topological polar surface area (TPSA) is 78.5 Å². The van der Waals surface area contributed by atoms with E-state index in [0.717, 1.165) is 4.90 Å². The SMILES string of the molecule is O=C(Nc1ccccc1Cl)c1ccc(NC2=C(Cl)C(=O)N(c3cc(Cl)c(Cl)cc3Cl)C2=O)cc1. The molecule has 11 heteroatoms. The van der Waals surface area contributed by atoms with Crippen molar-refractivity contribution in [3.05, 3.63) is 97.0 Å². The summed E-state index contributed by atoms with van der Waals surface area (Å²) in [6.07, 6.45) is 0. The fourth-order valence-electron chi connectivity index (χ4n) is 3.12. The molecule has 1 heterocycles. The van der Waals surface area contributed by atoms with Gasteiger partial charge in [-0.1, -0.05) is 70.1 Å². The van der Waals surface area contributed by atoms with Crippen LogP contribution in [0.2, 0.25) is 20.1 Å². The van der Waals surface area contributed by atoms with Crippen LogP contribution in [0, 0.1) is 0 Å². The van der Waals surface area contributed by atoms with Crippen molar-refractivity contribution in [2.75, 3.05) is 15.5 Å². The van der Waals surface area contributed by atoms with Crippen molar-refractivity contribution in [2.45, 2.75) is 0 Å². The van der Waals surface area contributed by atoms with E-state index in [1.54, 1.807) is 36.4 Å². The summed E-state index contributed by atoms with van der Waals surface area (Å²) in [5.41, 5.74) is 1.15. The van der Waals surface area contributed by atoms with Crippen LogP contribution in [-0.2, 0) is 9.59 Å². The predicted octanol–water partition coefficient (Wildman–Crippen LogP) is 6.99. The van der Waals surface area contributed by atoms with Crippen LogP contribution >= 0.6 is 58.0 Å². The Hall–Kier alpha value is -2.74. The zero-order valence-corrected chi connectivity index (χ0v) is 20.6. The summed E-state index contributed by atoms with van der Waals surface area (Å²) in [5, 5.41) is 5.96. The van der Waals surface area contributed by atoms with Crippen molar-refractivity contribution in [3.8, 4) is 0 Å². The van der Waals surface area contributed by atoms with Gasteiger partial charge in [0.1, 0.15) is 10.7 Å². The molecule has 1 aliphatic heterocycles. The number of hydrogen-bond acceptors (Lipinski definition) is 4. The van der Waals surface area contributed by atoms with Crippen LogP contribution in [-0.4, -0.2) is 17.7 Å². The minimum Gasteiger partial charge on any atom is -0.350 e.